The van der Waals surface area contributed by atoms with Gasteiger partial charge in [-0.15, -0.1) is 0 Å². The third kappa shape index (κ3) is 22.3. The molecule has 0 aliphatic carbocycles. The molecule has 7 heteroatoms. The van der Waals surface area contributed by atoms with Crippen LogP contribution in [0.25, 0.3) is 0 Å². The molecule has 0 bridgehead atoms. The van der Waals surface area contributed by atoms with E-state index in [1.807, 2.05) is 27.7 Å². The Hall–Kier alpha value is -1.70. The van der Waals surface area contributed by atoms with Gasteiger partial charge in [-0.2, -0.15) is 0 Å². The van der Waals surface area contributed by atoms with Crippen molar-refractivity contribution < 1.29 is 33.6 Å². The van der Waals surface area contributed by atoms with Gasteiger partial charge >= 0.3 is 11.9 Å². The Morgan fingerprint density at radius 1 is 0.926 bits per heavy atom. The lowest BCUT2D eigenvalue weighted by molar-refractivity contribution is -0.140. The highest BCUT2D eigenvalue weighted by Gasteiger charge is 2.09. The zero-order chi connectivity index (χ0) is 21.3. The molecule has 1 N–H and O–H groups in total. The van der Waals surface area contributed by atoms with Gasteiger partial charge in [-0.25, -0.2) is 9.59 Å². The Bertz CT molecular complexity index is 461. The van der Waals surface area contributed by atoms with Gasteiger partial charge in [-0.1, -0.05) is 33.4 Å². The fourth-order valence-corrected chi connectivity index (χ4v) is 1.61. The van der Waals surface area contributed by atoms with E-state index in [9.17, 15) is 9.59 Å². The van der Waals surface area contributed by atoms with Crippen molar-refractivity contribution in [3.05, 3.63) is 23.8 Å². The first-order valence-electron chi connectivity index (χ1n) is 8.99. The van der Waals surface area contributed by atoms with Crippen molar-refractivity contribution in [1.82, 2.24) is 0 Å². The lowest BCUT2D eigenvalue weighted by Gasteiger charge is -2.11. The summed E-state index contributed by atoms with van der Waals surface area (Å²) in [5.41, 5.74) is 0.763. The highest BCUT2D eigenvalue weighted by molar-refractivity contribution is 5.87. The largest absolute Gasteiger partial charge is 0.478 e. The van der Waals surface area contributed by atoms with Crippen molar-refractivity contribution in [2.45, 2.75) is 41.5 Å². The topological polar surface area (TPSA) is 91.3 Å². The van der Waals surface area contributed by atoms with Crippen LogP contribution in [-0.2, 0) is 28.5 Å². The lowest BCUT2D eigenvalue weighted by atomic mass is 9.94. The van der Waals surface area contributed by atoms with E-state index in [0.29, 0.717) is 50.8 Å². The van der Waals surface area contributed by atoms with Gasteiger partial charge in [0.1, 0.15) is 6.61 Å². The second kappa shape index (κ2) is 16.5. The number of hydrogen-bond acceptors (Lipinski definition) is 6. The number of carbonyl (C=O) groups is 2. The Labute approximate surface area is 163 Å². The van der Waals surface area contributed by atoms with Crippen molar-refractivity contribution in [2.24, 2.45) is 5.41 Å². The number of ether oxygens (including phenoxy) is 4. The average Bonchev–Trinajstić information content (AvgIpc) is 2.55. The van der Waals surface area contributed by atoms with E-state index in [1.165, 1.54) is 0 Å². The first kappa shape index (κ1) is 27.5. The summed E-state index contributed by atoms with van der Waals surface area (Å²) >= 11 is 0. The molecule has 0 aromatic heterocycles. The van der Waals surface area contributed by atoms with Crippen LogP contribution < -0.4 is 0 Å². The highest BCUT2D eigenvalue weighted by Crippen LogP contribution is 2.17. The second-order valence-electron chi connectivity index (χ2n) is 6.84. The van der Waals surface area contributed by atoms with Crippen LogP contribution in [0.3, 0.4) is 0 Å². The first-order valence-corrected chi connectivity index (χ1v) is 8.99. The predicted octanol–water partition coefficient (Wildman–Crippen LogP) is 3.24. The molecule has 0 heterocycles. The zero-order valence-corrected chi connectivity index (χ0v) is 17.6. The summed E-state index contributed by atoms with van der Waals surface area (Å²) in [7, 11) is 0. The van der Waals surface area contributed by atoms with Crippen molar-refractivity contribution in [1.29, 1.82) is 0 Å². The summed E-state index contributed by atoms with van der Waals surface area (Å²) in [4.78, 5) is 21.3. The van der Waals surface area contributed by atoms with Crippen LogP contribution >= 0.6 is 0 Å². The van der Waals surface area contributed by atoms with Crippen molar-refractivity contribution in [3.8, 4) is 0 Å². The van der Waals surface area contributed by atoms with Crippen LogP contribution in [0.2, 0.25) is 0 Å². The summed E-state index contributed by atoms with van der Waals surface area (Å²) in [6.07, 6.45) is 1.75. The molecule has 7 nitrogen and oxygen atoms in total. The summed E-state index contributed by atoms with van der Waals surface area (Å²) < 4.78 is 20.4. The molecule has 27 heavy (non-hydrogen) atoms. The van der Waals surface area contributed by atoms with E-state index in [2.05, 4.69) is 6.58 Å². The Balaban J connectivity index is 0. The molecule has 0 atom stereocenters. The first-order chi connectivity index (χ1) is 12.5. The molecular formula is C20H36O7. The summed E-state index contributed by atoms with van der Waals surface area (Å²) in [5.74, 6) is -1.23. The molecular weight excluding hydrogens is 352 g/mol. The number of carboxylic acids is 1. The van der Waals surface area contributed by atoms with Crippen LogP contribution in [0.15, 0.2) is 23.8 Å². The normalized spacial score (nSPS) is 11.4. The van der Waals surface area contributed by atoms with Gasteiger partial charge in [-0.05, 0) is 26.2 Å². The lowest BCUT2D eigenvalue weighted by Crippen LogP contribution is -2.14. The van der Waals surface area contributed by atoms with E-state index < -0.39 is 5.97 Å². The number of allylic oxidation sites excluding steroid dienone is 1. The number of carbonyl (C=O) groups excluding carboxylic acids is 1. The maximum absolute atomic E-state index is 11.0. The molecule has 0 aromatic rings. The van der Waals surface area contributed by atoms with E-state index >= 15 is 0 Å². The fourth-order valence-electron chi connectivity index (χ4n) is 1.61. The van der Waals surface area contributed by atoms with Crippen molar-refractivity contribution in [2.75, 3.05) is 46.2 Å². The zero-order valence-electron chi connectivity index (χ0n) is 17.6. The smallest absolute Gasteiger partial charge is 0.333 e. The summed E-state index contributed by atoms with van der Waals surface area (Å²) in [6.45, 7) is 18.0. The third-order valence-corrected chi connectivity index (χ3v) is 2.74. The van der Waals surface area contributed by atoms with Crippen LogP contribution in [0, 0.1) is 5.41 Å². The van der Waals surface area contributed by atoms with Gasteiger partial charge < -0.3 is 24.1 Å². The second-order valence-corrected chi connectivity index (χ2v) is 6.84. The minimum absolute atomic E-state index is 0.0392. The Morgan fingerprint density at radius 3 is 1.70 bits per heavy atom. The highest BCUT2D eigenvalue weighted by atomic mass is 16.6. The van der Waals surface area contributed by atoms with Crippen LogP contribution in [-0.4, -0.2) is 63.3 Å². The minimum atomic E-state index is -0.838. The molecule has 0 fully saturated rings. The number of esters is 1. The molecule has 0 aliphatic rings. The van der Waals surface area contributed by atoms with Gasteiger partial charge in [0.25, 0.3) is 0 Å². The van der Waals surface area contributed by atoms with Crippen LogP contribution in [0.4, 0.5) is 0 Å². The summed E-state index contributed by atoms with van der Waals surface area (Å²) in [5, 5.41) is 8.48. The molecule has 0 aromatic carbocycles. The number of carboxylic acid groups (broad SMARTS) is 1. The van der Waals surface area contributed by atoms with Gasteiger partial charge in [0.15, 0.2) is 0 Å². The number of hydrogen-bond donors (Lipinski definition) is 1. The quantitative estimate of drug-likeness (QED) is 0.312. The molecule has 0 saturated heterocycles. The van der Waals surface area contributed by atoms with Crippen molar-refractivity contribution >= 4 is 11.9 Å². The SMILES string of the molecule is C=C(C)C(=O)OCCOCCOCCOCC.CC(=CC(C)(C)C)C(=O)O. The number of aliphatic carboxylic acids is 1. The van der Waals surface area contributed by atoms with E-state index in [-0.39, 0.29) is 18.0 Å². The van der Waals surface area contributed by atoms with Crippen LogP contribution in [0.5, 0.6) is 0 Å². The molecule has 0 rings (SSSR count). The molecule has 158 valence electrons. The molecule has 0 spiro atoms. The maximum atomic E-state index is 11.0. The molecule has 0 aliphatic heterocycles. The Kier molecular flexibility index (Phi) is 16.8. The molecule has 0 unspecified atom stereocenters. The standard InChI is InChI=1S/C12H22O5.C8H14O2/c1-4-14-5-6-15-7-8-16-9-10-17-12(13)11(2)3;1-6(7(9)10)5-8(2,3)4/h2,4-10H2,1,3H3;5H,1-4H3,(H,9,10). The fraction of sp³-hybridized carbons (Fsp3) is 0.700. The van der Waals surface area contributed by atoms with Crippen LogP contribution in [0.1, 0.15) is 41.5 Å². The van der Waals surface area contributed by atoms with E-state index in [4.69, 9.17) is 24.1 Å². The molecule has 0 amide bonds. The predicted molar refractivity (Wildman–Crippen MR) is 105 cm³/mol. The van der Waals surface area contributed by atoms with E-state index in [0.717, 1.165) is 0 Å². The molecule has 0 saturated carbocycles. The van der Waals surface area contributed by atoms with Gasteiger partial charge in [0, 0.05) is 17.8 Å². The monoisotopic (exact) mass is 388 g/mol. The minimum Gasteiger partial charge on any atom is -0.478 e. The van der Waals surface area contributed by atoms with E-state index in [1.54, 1.807) is 19.9 Å². The van der Waals surface area contributed by atoms with Crippen molar-refractivity contribution in [3.63, 3.8) is 0 Å². The Morgan fingerprint density at radius 2 is 1.37 bits per heavy atom. The number of rotatable bonds is 12. The van der Waals surface area contributed by atoms with Gasteiger partial charge in [0.2, 0.25) is 0 Å². The summed E-state index contributed by atoms with van der Waals surface area (Å²) in [6, 6.07) is 0. The van der Waals surface area contributed by atoms with Gasteiger partial charge in [-0.3, -0.25) is 0 Å². The third-order valence-electron chi connectivity index (χ3n) is 2.74. The average molecular weight is 389 g/mol. The van der Waals surface area contributed by atoms with Gasteiger partial charge in [0.05, 0.1) is 33.0 Å². The maximum Gasteiger partial charge on any atom is 0.333 e. The molecule has 0 radical (unpaired) electrons.